The van der Waals surface area contributed by atoms with Gasteiger partial charge in [0, 0.05) is 12.6 Å². The number of piperidine rings is 1. The molecule has 1 aliphatic heterocycles. The Morgan fingerprint density at radius 1 is 1.27 bits per heavy atom. The summed E-state index contributed by atoms with van der Waals surface area (Å²) in [6.07, 6.45) is 4.81. The first kappa shape index (κ1) is 10.9. The Morgan fingerprint density at radius 3 is 2.67 bits per heavy atom. The van der Waals surface area contributed by atoms with Gasteiger partial charge >= 0.3 is 0 Å². The van der Waals surface area contributed by atoms with Crippen LogP contribution in [0.4, 0.5) is 0 Å². The van der Waals surface area contributed by atoms with Gasteiger partial charge in [0.2, 0.25) is 5.91 Å². The molecule has 0 aromatic heterocycles. The molecule has 3 unspecified atom stereocenters. The second kappa shape index (κ2) is 4.49. The van der Waals surface area contributed by atoms with Gasteiger partial charge in [-0.2, -0.15) is 0 Å². The molecule has 0 aromatic carbocycles. The molecule has 3 N–H and O–H groups in total. The number of carbonyl (C=O) groups is 1. The van der Waals surface area contributed by atoms with Crippen molar-refractivity contribution in [1.29, 1.82) is 0 Å². The van der Waals surface area contributed by atoms with Crippen LogP contribution in [-0.2, 0) is 4.79 Å². The van der Waals surface area contributed by atoms with Crippen molar-refractivity contribution in [3.63, 3.8) is 0 Å². The van der Waals surface area contributed by atoms with E-state index in [0.717, 1.165) is 45.2 Å². The molecule has 1 heterocycles. The van der Waals surface area contributed by atoms with E-state index in [9.17, 15) is 9.90 Å². The van der Waals surface area contributed by atoms with E-state index in [-0.39, 0.29) is 24.0 Å². The van der Waals surface area contributed by atoms with Crippen LogP contribution in [0.1, 0.15) is 32.1 Å². The van der Waals surface area contributed by atoms with Crippen LogP contribution in [0.15, 0.2) is 0 Å². The van der Waals surface area contributed by atoms with Crippen LogP contribution in [-0.4, -0.2) is 41.1 Å². The molecule has 1 amide bonds. The summed E-state index contributed by atoms with van der Waals surface area (Å²) in [5, 5.41) is 9.81. The Labute approximate surface area is 90.4 Å². The monoisotopic (exact) mass is 212 g/mol. The Morgan fingerprint density at radius 2 is 2.07 bits per heavy atom. The summed E-state index contributed by atoms with van der Waals surface area (Å²) < 4.78 is 0. The summed E-state index contributed by atoms with van der Waals surface area (Å²) in [4.78, 5) is 13.4. The molecular weight excluding hydrogens is 192 g/mol. The fourth-order valence-corrected chi connectivity index (χ4v) is 2.89. The summed E-state index contributed by atoms with van der Waals surface area (Å²) in [5.74, 6) is -0.196. The molecule has 2 aliphatic rings. The molecule has 2 rings (SSSR count). The van der Waals surface area contributed by atoms with Crippen LogP contribution in [0.2, 0.25) is 0 Å². The number of primary amides is 1. The minimum Gasteiger partial charge on any atom is -0.391 e. The van der Waals surface area contributed by atoms with Crippen molar-refractivity contribution >= 4 is 5.91 Å². The van der Waals surface area contributed by atoms with Crippen molar-refractivity contribution in [1.82, 2.24) is 4.90 Å². The highest BCUT2D eigenvalue weighted by molar-refractivity contribution is 5.76. The lowest BCUT2D eigenvalue weighted by atomic mass is 9.95. The Bertz CT molecular complexity index is 245. The van der Waals surface area contributed by atoms with Crippen molar-refractivity contribution in [3.05, 3.63) is 0 Å². The molecular formula is C11H20N2O2. The second-order valence-corrected chi connectivity index (χ2v) is 4.80. The van der Waals surface area contributed by atoms with E-state index in [1.54, 1.807) is 0 Å². The lowest BCUT2D eigenvalue weighted by Gasteiger charge is -2.36. The molecule has 0 aromatic rings. The number of likely N-dealkylation sites (tertiary alicyclic amines) is 1. The molecule has 86 valence electrons. The van der Waals surface area contributed by atoms with E-state index >= 15 is 0 Å². The molecule has 4 nitrogen and oxygen atoms in total. The van der Waals surface area contributed by atoms with Crippen LogP contribution in [0, 0.1) is 5.92 Å². The number of aliphatic hydroxyl groups excluding tert-OH is 1. The predicted octanol–water partition coefficient (Wildman–Crippen LogP) is 0.0971. The lowest BCUT2D eigenvalue weighted by Crippen LogP contribution is -2.48. The van der Waals surface area contributed by atoms with E-state index in [4.69, 9.17) is 5.73 Å². The summed E-state index contributed by atoms with van der Waals surface area (Å²) in [6, 6.07) is 0.271. The Hall–Kier alpha value is -0.610. The maximum atomic E-state index is 11.1. The molecule has 3 atom stereocenters. The van der Waals surface area contributed by atoms with Crippen molar-refractivity contribution in [3.8, 4) is 0 Å². The Kier molecular flexibility index (Phi) is 3.26. The first-order valence-corrected chi connectivity index (χ1v) is 5.90. The van der Waals surface area contributed by atoms with E-state index in [0.29, 0.717) is 0 Å². The van der Waals surface area contributed by atoms with E-state index in [2.05, 4.69) is 4.90 Å². The van der Waals surface area contributed by atoms with Crippen LogP contribution >= 0.6 is 0 Å². The van der Waals surface area contributed by atoms with Crippen LogP contribution in [0.3, 0.4) is 0 Å². The standard InChI is InChI=1S/C11H20N2O2/c12-11(15)8-3-2-6-13(7-8)9-4-1-5-10(9)14/h8-10,14H,1-7H2,(H2,12,15). The number of carbonyl (C=O) groups excluding carboxylic acids is 1. The number of nitrogens with zero attached hydrogens (tertiary/aromatic N) is 1. The summed E-state index contributed by atoms with van der Waals surface area (Å²) in [6.45, 7) is 1.75. The molecule has 15 heavy (non-hydrogen) atoms. The fraction of sp³-hybridized carbons (Fsp3) is 0.909. The third-order valence-corrected chi connectivity index (χ3v) is 3.77. The van der Waals surface area contributed by atoms with E-state index < -0.39 is 0 Å². The molecule has 4 heteroatoms. The third-order valence-electron chi connectivity index (χ3n) is 3.77. The van der Waals surface area contributed by atoms with Crippen molar-refractivity contribution in [2.75, 3.05) is 13.1 Å². The topological polar surface area (TPSA) is 66.6 Å². The van der Waals surface area contributed by atoms with E-state index in [1.807, 2.05) is 0 Å². The lowest BCUT2D eigenvalue weighted by molar-refractivity contribution is -0.124. The van der Waals surface area contributed by atoms with Crippen molar-refractivity contribution in [2.45, 2.75) is 44.2 Å². The maximum absolute atomic E-state index is 11.1. The maximum Gasteiger partial charge on any atom is 0.221 e. The number of nitrogens with two attached hydrogens (primary N) is 1. The van der Waals surface area contributed by atoms with Crippen LogP contribution in [0.5, 0.6) is 0 Å². The Balaban J connectivity index is 1.94. The predicted molar refractivity (Wildman–Crippen MR) is 57.1 cm³/mol. The van der Waals surface area contributed by atoms with Gasteiger partial charge in [-0.25, -0.2) is 0 Å². The van der Waals surface area contributed by atoms with Gasteiger partial charge in [0.1, 0.15) is 0 Å². The van der Waals surface area contributed by atoms with Crippen molar-refractivity contribution in [2.24, 2.45) is 11.7 Å². The first-order chi connectivity index (χ1) is 7.18. The van der Waals surface area contributed by atoms with Crippen LogP contribution < -0.4 is 5.73 Å². The number of aliphatic hydroxyl groups is 1. The van der Waals surface area contributed by atoms with Gasteiger partial charge in [0.15, 0.2) is 0 Å². The number of amides is 1. The first-order valence-electron chi connectivity index (χ1n) is 5.90. The SMILES string of the molecule is NC(=O)C1CCCN(C2CCCC2O)C1. The van der Waals surface area contributed by atoms with Gasteiger partial charge in [-0.1, -0.05) is 0 Å². The molecule has 1 aliphatic carbocycles. The molecule has 0 radical (unpaired) electrons. The highest BCUT2D eigenvalue weighted by Crippen LogP contribution is 2.28. The van der Waals surface area contributed by atoms with Crippen molar-refractivity contribution < 1.29 is 9.90 Å². The summed E-state index contributed by atoms with van der Waals surface area (Å²) in [7, 11) is 0. The van der Waals surface area contributed by atoms with Gasteiger partial charge in [-0.15, -0.1) is 0 Å². The second-order valence-electron chi connectivity index (χ2n) is 4.80. The molecule has 0 spiro atoms. The van der Waals surface area contributed by atoms with Crippen LogP contribution in [0.25, 0.3) is 0 Å². The molecule has 1 saturated carbocycles. The highest BCUT2D eigenvalue weighted by atomic mass is 16.3. The molecule has 2 fully saturated rings. The summed E-state index contributed by atoms with van der Waals surface area (Å²) in [5.41, 5.74) is 5.33. The quantitative estimate of drug-likeness (QED) is 0.682. The number of rotatable bonds is 2. The largest absolute Gasteiger partial charge is 0.391 e. The average Bonchev–Trinajstić information content (AvgIpc) is 2.64. The third kappa shape index (κ3) is 2.32. The zero-order valence-electron chi connectivity index (χ0n) is 9.06. The van der Waals surface area contributed by atoms with Gasteiger partial charge in [-0.3, -0.25) is 9.69 Å². The minimum absolute atomic E-state index is 0.00782. The molecule has 1 saturated heterocycles. The smallest absolute Gasteiger partial charge is 0.221 e. The van der Waals surface area contributed by atoms with Gasteiger partial charge in [-0.05, 0) is 38.6 Å². The zero-order chi connectivity index (χ0) is 10.8. The minimum atomic E-state index is -0.198. The summed E-state index contributed by atoms with van der Waals surface area (Å²) >= 11 is 0. The average molecular weight is 212 g/mol. The van der Waals surface area contributed by atoms with E-state index in [1.165, 1.54) is 0 Å². The number of hydrogen-bond donors (Lipinski definition) is 2. The van der Waals surface area contributed by atoms with Gasteiger partial charge < -0.3 is 10.8 Å². The number of hydrogen-bond acceptors (Lipinski definition) is 3. The fourth-order valence-electron chi connectivity index (χ4n) is 2.89. The van der Waals surface area contributed by atoms with Gasteiger partial charge in [0.05, 0.1) is 12.0 Å². The molecule has 0 bridgehead atoms. The highest BCUT2D eigenvalue weighted by Gasteiger charge is 2.34. The van der Waals surface area contributed by atoms with Gasteiger partial charge in [0.25, 0.3) is 0 Å². The zero-order valence-corrected chi connectivity index (χ0v) is 9.06. The normalized spacial score (nSPS) is 38.1.